The van der Waals surface area contributed by atoms with Crippen LogP contribution < -0.4 is 51.4 Å². The molecule has 0 aliphatic rings. The average molecular weight is 252 g/mol. The molecule has 0 heterocycles. The Morgan fingerprint density at radius 1 is 1.47 bits per heavy atom. The van der Waals surface area contributed by atoms with E-state index in [1.165, 1.54) is 6.07 Å². The summed E-state index contributed by atoms with van der Waals surface area (Å²) < 4.78 is 30.9. The van der Waals surface area contributed by atoms with Crippen molar-refractivity contribution in [3.05, 3.63) is 42.5 Å². The van der Waals surface area contributed by atoms with Gasteiger partial charge in [0.1, 0.15) is 0 Å². The van der Waals surface area contributed by atoms with Crippen molar-refractivity contribution in [2.75, 3.05) is 0 Å². The Morgan fingerprint density at radius 3 is 2.47 bits per heavy atom. The van der Waals surface area contributed by atoms with Crippen LogP contribution in [-0.4, -0.2) is 13.0 Å². The monoisotopic (exact) mass is 252 g/mol. The van der Waals surface area contributed by atoms with Gasteiger partial charge in [0.05, 0.1) is 4.90 Å². The predicted molar refractivity (Wildman–Crippen MR) is 56.0 cm³/mol. The van der Waals surface area contributed by atoms with Gasteiger partial charge >= 0.3 is 51.4 Å². The first-order chi connectivity index (χ1) is 6.46. The van der Waals surface area contributed by atoms with E-state index in [1.807, 2.05) is 6.92 Å². The van der Waals surface area contributed by atoms with Crippen LogP contribution in [-0.2, 0) is 10.1 Å². The van der Waals surface area contributed by atoms with Crippen molar-refractivity contribution in [1.82, 2.24) is 0 Å². The molecule has 0 radical (unpaired) electrons. The molecule has 0 fully saturated rings. The minimum Gasteiger partial charge on any atom is -1.00 e. The summed E-state index contributed by atoms with van der Waals surface area (Å²) in [6, 6.07) is 6.34. The summed E-state index contributed by atoms with van der Waals surface area (Å²) in [4.78, 5) is -0.0487. The minimum atomic E-state index is -4.14. The molecule has 1 aromatic rings. The van der Waals surface area contributed by atoms with Crippen molar-refractivity contribution < 1.29 is 65.8 Å². The predicted octanol–water partition coefficient (Wildman–Crippen LogP) is -0.661. The third-order valence-corrected chi connectivity index (χ3v) is 2.97. The van der Waals surface area contributed by atoms with E-state index >= 15 is 0 Å². The van der Waals surface area contributed by atoms with Gasteiger partial charge < -0.3 is 1.43 Å². The van der Waals surface area contributed by atoms with Gasteiger partial charge in [-0.25, -0.2) is 0 Å². The molecule has 0 aromatic heterocycles. The molecule has 0 saturated heterocycles. The molecule has 5 heteroatoms. The molecular formula is C10H13KO3S. The van der Waals surface area contributed by atoms with Crippen LogP contribution in [0.4, 0.5) is 0 Å². The van der Waals surface area contributed by atoms with Crippen LogP contribution in [0.15, 0.2) is 41.8 Å². The number of allylic oxidation sites excluding steroid dienone is 1. The van der Waals surface area contributed by atoms with Gasteiger partial charge in [0, 0.05) is 5.92 Å². The zero-order valence-corrected chi connectivity index (χ0v) is 12.8. The fraction of sp³-hybridized carbons (Fsp3) is 0.200. The first-order valence-corrected chi connectivity index (χ1v) is 5.60. The van der Waals surface area contributed by atoms with E-state index in [9.17, 15) is 8.42 Å². The molecular weight excluding hydrogens is 239 g/mol. The Labute approximate surface area is 134 Å². The Bertz CT molecular complexity index is 445. The summed E-state index contributed by atoms with van der Waals surface area (Å²) in [7, 11) is -4.14. The first-order valence-electron chi connectivity index (χ1n) is 4.15. The Balaban J connectivity index is 0. The van der Waals surface area contributed by atoms with E-state index in [-0.39, 0.29) is 63.6 Å². The molecule has 0 aliphatic heterocycles. The van der Waals surface area contributed by atoms with Crippen LogP contribution in [0.3, 0.4) is 0 Å². The normalized spacial score (nSPS) is 12.7. The molecule has 3 nitrogen and oxygen atoms in total. The van der Waals surface area contributed by atoms with Crippen LogP contribution in [0.5, 0.6) is 0 Å². The molecule has 78 valence electrons. The summed E-state index contributed by atoms with van der Waals surface area (Å²) in [6.07, 6.45) is 1.63. The zero-order chi connectivity index (χ0) is 10.8. The van der Waals surface area contributed by atoms with Crippen LogP contribution in [0.25, 0.3) is 0 Å². The molecule has 1 N–H and O–H groups in total. The summed E-state index contributed by atoms with van der Waals surface area (Å²) in [5.74, 6) is -0.104. The molecule has 1 rings (SSSR count). The third-order valence-electron chi connectivity index (χ3n) is 2.04. The Hall–Kier alpha value is 0.506. The topological polar surface area (TPSA) is 54.4 Å². The smallest absolute Gasteiger partial charge is 1.00 e. The Morgan fingerprint density at radius 2 is 2.00 bits per heavy atom. The van der Waals surface area contributed by atoms with Crippen molar-refractivity contribution in [1.29, 1.82) is 0 Å². The maximum Gasteiger partial charge on any atom is 1.00 e. The summed E-state index contributed by atoms with van der Waals surface area (Å²) in [5, 5.41) is 0. The summed E-state index contributed by atoms with van der Waals surface area (Å²) in [5.41, 5.74) is 0.560. The van der Waals surface area contributed by atoms with E-state index in [4.69, 9.17) is 4.55 Å². The molecule has 0 saturated carbocycles. The largest absolute Gasteiger partial charge is 1.00 e. The molecule has 15 heavy (non-hydrogen) atoms. The van der Waals surface area contributed by atoms with Crippen molar-refractivity contribution in [3.8, 4) is 0 Å². The summed E-state index contributed by atoms with van der Waals surface area (Å²) >= 11 is 0. The molecule has 0 spiro atoms. The maximum absolute atomic E-state index is 11.0. The number of benzene rings is 1. The van der Waals surface area contributed by atoms with Crippen molar-refractivity contribution in [2.45, 2.75) is 17.7 Å². The molecule has 0 aliphatic carbocycles. The Kier molecular flexibility index (Phi) is 6.51. The minimum absolute atomic E-state index is 0. The van der Waals surface area contributed by atoms with Gasteiger partial charge in [0.25, 0.3) is 10.1 Å². The fourth-order valence-corrected chi connectivity index (χ4v) is 2.02. The van der Waals surface area contributed by atoms with Crippen molar-refractivity contribution >= 4 is 10.1 Å². The first kappa shape index (κ1) is 15.5. The maximum atomic E-state index is 11.0. The van der Waals surface area contributed by atoms with Crippen LogP contribution >= 0.6 is 0 Å². The van der Waals surface area contributed by atoms with E-state index in [1.54, 1.807) is 24.3 Å². The van der Waals surface area contributed by atoms with Crippen LogP contribution in [0.1, 0.15) is 19.8 Å². The summed E-state index contributed by atoms with van der Waals surface area (Å²) in [6.45, 7) is 5.40. The fourth-order valence-electron chi connectivity index (χ4n) is 1.22. The van der Waals surface area contributed by atoms with Crippen LogP contribution in [0, 0.1) is 0 Å². The van der Waals surface area contributed by atoms with E-state index in [0.29, 0.717) is 5.56 Å². The number of hydrogen-bond acceptors (Lipinski definition) is 2. The van der Waals surface area contributed by atoms with Gasteiger partial charge in [-0.3, -0.25) is 4.55 Å². The van der Waals surface area contributed by atoms with E-state index in [0.717, 1.165) is 0 Å². The number of hydrogen-bond donors (Lipinski definition) is 1. The van der Waals surface area contributed by atoms with Gasteiger partial charge in [0.15, 0.2) is 0 Å². The van der Waals surface area contributed by atoms with E-state index < -0.39 is 10.1 Å². The molecule has 1 atom stereocenters. The third kappa shape index (κ3) is 4.11. The van der Waals surface area contributed by atoms with Crippen LogP contribution in [0.2, 0.25) is 0 Å². The SMILES string of the molecule is C=CC(C)c1ccccc1S(=O)(=O)O.[H-].[K+]. The van der Waals surface area contributed by atoms with Gasteiger partial charge in [-0.15, -0.1) is 6.58 Å². The quantitative estimate of drug-likeness (QED) is 0.441. The second-order valence-electron chi connectivity index (χ2n) is 3.04. The molecule has 1 aromatic carbocycles. The number of rotatable bonds is 3. The molecule has 0 amide bonds. The second kappa shape index (κ2) is 6.29. The van der Waals surface area contributed by atoms with Crippen molar-refractivity contribution in [3.63, 3.8) is 0 Å². The molecule has 1 unspecified atom stereocenters. The second-order valence-corrected chi connectivity index (χ2v) is 4.43. The van der Waals surface area contributed by atoms with Gasteiger partial charge in [-0.05, 0) is 11.6 Å². The molecule has 0 bridgehead atoms. The van der Waals surface area contributed by atoms with Crippen molar-refractivity contribution in [2.24, 2.45) is 0 Å². The van der Waals surface area contributed by atoms with E-state index in [2.05, 4.69) is 6.58 Å². The van der Waals surface area contributed by atoms with Gasteiger partial charge in [-0.1, -0.05) is 31.2 Å². The zero-order valence-electron chi connectivity index (χ0n) is 9.84. The average Bonchev–Trinajstić information content (AvgIpc) is 2.15. The standard InChI is InChI=1S/C10H12O3S.K.H/c1-3-8(2)9-6-4-5-7-10(9)14(11,12)13;;/h3-8H,1H2,2H3,(H,11,12,13);;/q;+1;-1. The van der Waals surface area contributed by atoms with Gasteiger partial charge in [-0.2, -0.15) is 8.42 Å². The van der Waals surface area contributed by atoms with Gasteiger partial charge in [0.2, 0.25) is 0 Å².